The lowest BCUT2D eigenvalue weighted by Gasteiger charge is -2.28. The Bertz CT molecular complexity index is 799. The van der Waals surface area contributed by atoms with E-state index in [0.29, 0.717) is 12.1 Å². The largest absolute Gasteiger partial charge is 0.330 e. The summed E-state index contributed by atoms with van der Waals surface area (Å²) in [7, 11) is 0. The molecule has 1 aromatic rings. The van der Waals surface area contributed by atoms with Crippen LogP contribution in [0.5, 0.6) is 0 Å². The average Bonchev–Trinajstić information content (AvgIpc) is 3.40. The fourth-order valence-electron chi connectivity index (χ4n) is 4.15. The molecule has 3 rings (SSSR count). The van der Waals surface area contributed by atoms with Crippen LogP contribution in [0.2, 0.25) is 0 Å². The first kappa shape index (κ1) is 22.2. The molecule has 0 spiro atoms. The molecule has 1 heterocycles. The van der Waals surface area contributed by atoms with E-state index in [4.69, 9.17) is 0 Å². The van der Waals surface area contributed by atoms with Crippen molar-refractivity contribution in [3.63, 3.8) is 0 Å². The highest BCUT2D eigenvalue weighted by molar-refractivity contribution is 6.00. The minimum Gasteiger partial charge on any atom is -0.330 e. The van der Waals surface area contributed by atoms with Gasteiger partial charge in [0.05, 0.1) is 0 Å². The third kappa shape index (κ3) is 5.80. The van der Waals surface area contributed by atoms with E-state index in [2.05, 4.69) is 27.7 Å². The van der Waals surface area contributed by atoms with Crippen LogP contribution in [0, 0.1) is 17.2 Å². The number of rotatable bonds is 7. The number of carbonyl (C=O) groups excluding carboxylic acids is 3. The molecule has 2 fully saturated rings. The highest BCUT2D eigenvalue weighted by Crippen LogP contribution is 2.31. The van der Waals surface area contributed by atoms with Crippen molar-refractivity contribution in [2.75, 3.05) is 24.7 Å². The van der Waals surface area contributed by atoms with Crippen LogP contribution in [0.15, 0.2) is 24.3 Å². The Kier molecular flexibility index (Phi) is 6.48. The molecule has 6 nitrogen and oxygen atoms in total. The fraction of sp³-hybridized carbons (Fsp3) is 0.609. The molecule has 7 heteroatoms. The van der Waals surface area contributed by atoms with Gasteiger partial charge in [-0.1, -0.05) is 27.7 Å². The predicted molar refractivity (Wildman–Crippen MR) is 113 cm³/mol. The zero-order valence-corrected chi connectivity index (χ0v) is 18.4. The van der Waals surface area contributed by atoms with Crippen molar-refractivity contribution in [2.45, 2.75) is 59.4 Å². The summed E-state index contributed by atoms with van der Waals surface area (Å²) in [6.07, 6.45) is 3.22. The molecular weight excluding hydrogens is 385 g/mol. The monoisotopic (exact) mass is 417 g/mol. The third-order valence-electron chi connectivity index (χ3n) is 5.53. The van der Waals surface area contributed by atoms with Gasteiger partial charge < -0.3 is 9.80 Å². The normalized spacial score (nSPS) is 18.0. The van der Waals surface area contributed by atoms with Crippen molar-refractivity contribution in [2.24, 2.45) is 11.3 Å². The van der Waals surface area contributed by atoms with Crippen LogP contribution in [-0.4, -0.2) is 53.3 Å². The molecule has 1 saturated carbocycles. The van der Waals surface area contributed by atoms with Crippen molar-refractivity contribution in [3.8, 4) is 0 Å². The molecule has 0 aromatic heterocycles. The van der Waals surface area contributed by atoms with E-state index in [1.165, 1.54) is 34.1 Å². The number of amides is 3. The Hall–Kier alpha value is -2.44. The molecule has 1 atom stereocenters. The molecular formula is C23H32FN3O3. The standard InChI is InChI=1S/C23H32FN3O3/c1-16(12-23(2,3)4)11-20(28)26(18-9-10-18)14-21(29)25-13-22(30)27(15-25)19-7-5-17(24)6-8-19/h5-8,16,18H,9-15H2,1-4H3/t16-/m0/s1. The number of hydrogen-bond donors (Lipinski definition) is 0. The Morgan fingerprint density at radius 2 is 1.83 bits per heavy atom. The topological polar surface area (TPSA) is 60.9 Å². The van der Waals surface area contributed by atoms with Gasteiger partial charge in [-0.25, -0.2) is 4.39 Å². The van der Waals surface area contributed by atoms with Crippen LogP contribution in [0.4, 0.5) is 10.1 Å². The second-order valence-corrected chi connectivity index (χ2v) is 9.86. The Morgan fingerprint density at radius 3 is 2.40 bits per heavy atom. The summed E-state index contributed by atoms with van der Waals surface area (Å²) < 4.78 is 13.2. The molecule has 1 saturated heterocycles. The Labute approximate surface area is 178 Å². The summed E-state index contributed by atoms with van der Waals surface area (Å²) in [5.74, 6) is -0.549. The number of benzene rings is 1. The van der Waals surface area contributed by atoms with Gasteiger partial charge in [-0.15, -0.1) is 0 Å². The molecule has 30 heavy (non-hydrogen) atoms. The zero-order chi connectivity index (χ0) is 22.1. The molecule has 1 aromatic carbocycles. The first-order valence-corrected chi connectivity index (χ1v) is 10.7. The molecule has 0 unspecified atom stereocenters. The summed E-state index contributed by atoms with van der Waals surface area (Å²) in [5, 5.41) is 0. The second-order valence-electron chi connectivity index (χ2n) is 9.86. The van der Waals surface area contributed by atoms with Gasteiger partial charge in [0.1, 0.15) is 25.6 Å². The van der Waals surface area contributed by atoms with E-state index in [1.54, 1.807) is 4.90 Å². The maximum absolute atomic E-state index is 13.2. The van der Waals surface area contributed by atoms with Gasteiger partial charge in [-0.2, -0.15) is 0 Å². The van der Waals surface area contributed by atoms with Crippen LogP contribution >= 0.6 is 0 Å². The van der Waals surface area contributed by atoms with E-state index in [1.807, 2.05) is 0 Å². The second kappa shape index (κ2) is 8.74. The molecule has 2 aliphatic rings. The number of halogens is 1. The first-order chi connectivity index (χ1) is 14.0. The molecule has 1 aliphatic heterocycles. The average molecular weight is 418 g/mol. The molecule has 1 aliphatic carbocycles. The fourth-order valence-corrected chi connectivity index (χ4v) is 4.15. The lowest BCUT2D eigenvalue weighted by Crippen LogP contribution is -2.44. The quantitative estimate of drug-likeness (QED) is 0.683. The summed E-state index contributed by atoms with van der Waals surface area (Å²) in [6, 6.07) is 5.77. The van der Waals surface area contributed by atoms with Crippen molar-refractivity contribution >= 4 is 23.4 Å². The molecule has 0 N–H and O–H groups in total. The number of carbonyl (C=O) groups is 3. The van der Waals surface area contributed by atoms with Crippen LogP contribution in [0.1, 0.15) is 53.4 Å². The van der Waals surface area contributed by atoms with Gasteiger partial charge in [0.15, 0.2) is 0 Å². The van der Waals surface area contributed by atoms with Crippen LogP contribution in [0.25, 0.3) is 0 Å². The SMILES string of the molecule is C[C@@H](CC(=O)N(CC(=O)N1CC(=O)N(c2ccc(F)cc2)C1)C1CC1)CC(C)(C)C. The molecule has 3 amide bonds. The van der Waals surface area contributed by atoms with Crippen LogP contribution < -0.4 is 4.90 Å². The number of nitrogens with zero attached hydrogens (tertiary/aromatic N) is 3. The van der Waals surface area contributed by atoms with Gasteiger partial charge in [-0.3, -0.25) is 19.3 Å². The van der Waals surface area contributed by atoms with Crippen molar-refractivity contribution in [1.82, 2.24) is 9.80 Å². The van der Waals surface area contributed by atoms with E-state index in [9.17, 15) is 18.8 Å². The molecule has 0 bridgehead atoms. The van der Waals surface area contributed by atoms with Crippen LogP contribution in [-0.2, 0) is 14.4 Å². The highest BCUT2D eigenvalue weighted by atomic mass is 19.1. The van der Waals surface area contributed by atoms with Crippen LogP contribution in [0.3, 0.4) is 0 Å². The van der Waals surface area contributed by atoms with Crippen molar-refractivity contribution < 1.29 is 18.8 Å². The smallest absolute Gasteiger partial charge is 0.248 e. The summed E-state index contributed by atoms with van der Waals surface area (Å²) >= 11 is 0. The lowest BCUT2D eigenvalue weighted by molar-refractivity contribution is -0.141. The minimum atomic E-state index is -0.377. The van der Waals surface area contributed by atoms with Gasteiger partial charge >= 0.3 is 0 Å². The molecule has 164 valence electrons. The Morgan fingerprint density at radius 1 is 1.20 bits per heavy atom. The van der Waals surface area contributed by atoms with E-state index < -0.39 is 0 Å². The number of anilines is 1. The molecule has 0 radical (unpaired) electrons. The van der Waals surface area contributed by atoms with Gasteiger partial charge in [-0.05, 0) is 54.9 Å². The lowest BCUT2D eigenvalue weighted by atomic mass is 9.84. The predicted octanol–water partition coefficient (Wildman–Crippen LogP) is 3.41. The van der Waals surface area contributed by atoms with Gasteiger partial charge in [0.2, 0.25) is 17.7 Å². The van der Waals surface area contributed by atoms with Crippen molar-refractivity contribution in [3.05, 3.63) is 30.1 Å². The van der Waals surface area contributed by atoms with E-state index >= 15 is 0 Å². The van der Waals surface area contributed by atoms with Crippen molar-refractivity contribution in [1.29, 1.82) is 0 Å². The Balaban J connectivity index is 1.59. The van der Waals surface area contributed by atoms with E-state index in [0.717, 1.165) is 19.3 Å². The third-order valence-corrected chi connectivity index (χ3v) is 5.53. The highest BCUT2D eigenvalue weighted by Gasteiger charge is 2.38. The summed E-state index contributed by atoms with van der Waals surface area (Å²) in [4.78, 5) is 42.8. The number of hydrogen-bond acceptors (Lipinski definition) is 3. The summed E-state index contributed by atoms with van der Waals surface area (Å²) in [6.45, 7) is 8.67. The zero-order valence-electron chi connectivity index (χ0n) is 18.4. The minimum absolute atomic E-state index is 0.0102. The maximum atomic E-state index is 13.2. The van der Waals surface area contributed by atoms with Gasteiger partial charge in [0, 0.05) is 18.2 Å². The van der Waals surface area contributed by atoms with E-state index in [-0.39, 0.29) is 60.7 Å². The maximum Gasteiger partial charge on any atom is 0.248 e. The van der Waals surface area contributed by atoms with Gasteiger partial charge in [0.25, 0.3) is 0 Å². The summed E-state index contributed by atoms with van der Waals surface area (Å²) in [5.41, 5.74) is 0.711. The first-order valence-electron chi connectivity index (χ1n) is 10.7.